The van der Waals surface area contributed by atoms with Crippen molar-refractivity contribution in [3.8, 4) is 0 Å². The standard InChI is InChI=1S/C23H38O3S/c1-4-5-6-7-8-9-10-11-12-13-14-15-18-22(27-20(2)3)21(24)17-16-19-23(25)26/h8-9,11-15,18,20-22,24H,4-7,10,16-17,19H2,1-3H3,(H,25,26)/b9-8-,12-11-,14-13+,18-15+/t21-,22+/m0/s1. The van der Waals surface area contributed by atoms with Crippen molar-refractivity contribution in [2.45, 2.75) is 88.7 Å². The number of aliphatic hydroxyl groups excluding tert-OH is 1. The SMILES string of the molecule is CCCCC/C=C\C\C=C/C=C/C=C/[C@@H](SC(C)C)[C@@H](O)CCCC(=O)O. The van der Waals surface area contributed by atoms with Crippen molar-refractivity contribution in [2.75, 3.05) is 0 Å². The molecule has 0 aliphatic carbocycles. The molecule has 0 rings (SSSR count). The van der Waals surface area contributed by atoms with E-state index in [-0.39, 0.29) is 11.7 Å². The number of rotatable bonds is 16. The van der Waals surface area contributed by atoms with E-state index in [2.05, 4.69) is 39.0 Å². The second-order valence-corrected chi connectivity index (χ2v) is 8.66. The summed E-state index contributed by atoms with van der Waals surface area (Å²) in [5.41, 5.74) is 0. The van der Waals surface area contributed by atoms with Gasteiger partial charge in [0.25, 0.3) is 0 Å². The van der Waals surface area contributed by atoms with E-state index in [0.717, 1.165) is 6.42 Å². The van der Waals surface area contributed by atoms with Crippen LogP contribution in [0.1, 0.15) is 72.1 Å². The van der Waals surface area contributed by atoms with E-state index < -0.39 is 12.1 Å². The molecule has 2 N–H and O–H groups in total. The van der Waals surface area contributed by atoms with Crippen LogP contribution in [0.25, 0.3) is 0 Å². The van der Waals surface area contributed by atoms with Crippen LogP contribution in [0.5, 0.6) is 0 Å². The van der Waals surface area contributed by atoms with E-state index in [1.807, 2.05) is 30.4 Å². The highest BCUT2D eigenvalue weighted by atomic mass is 32.2. The molecule has 0 heterocycles. The molecule has 27 heavy (non-hydrogen) atoms. The fourth-order valence-corrected chi connectivity index (χ4v) is 3.60. The monoisotopic (exact) mass is 394 g/mol. The van der Waals surface area contributed by atoms with Crippen LogP contribution in [0.3, 0.4) is 0 Å². The van der Waals surface area contributed by atoms with E-state index >= 15 is 0 Å². The van der Waals surface area contributed by atoms with Gasteiger partial charge < -0.3 is 10.2 Å². The number of carboxylic acids is 1. The maximum Gasteiger partial charge on any atom is 0.303 e. The van der Waals surface area contributed by atoms with Crippen LogP contribution in [-0.4, -0.2) is 32.8 Å². The van der Waals surface area contributed by atoms with E-state index in [1.54, 1.807) is 11.8 Å². The molecule has 0 spiro atoms. The molecule has 0 bridgehead atoms. The van der Waals surface area contributed by atoms with E-state index in [1.165, 1.54) is 25.7 Å². The molecule has 0 amide bonds. The summed E-state index contributed by atoms with van der Waals surface area (Å²) in [4.78, 5) is 10.6. The molecule has 154 valence electrons. The summed E-state index contributed by atoms with van der Waals surface area (Å²) in [5, 5.41) is 19.4. The van der Waals surface area contributed by atoms with Crippen LogP contribution < -0.4 is 0 Å². The molecule has 0 saturated heterocycles. The summed E-state index contributed by atoms with van der Waals surface area (Å²) in [5.74, 6) is -0.809. The van der Waals surface area contributed by atoms with Gasteiger partial charge in [-0.05, 0) is 37.4 Å². The van der Waals surface area contributed by atoms with Crippen molar-refractivity contribution in [2.24, 2.45) is 0 Å². The Bertz CT molecular complexity index is 478. The Morgan fingerprint density at radius 3 is 2.41 bits per heavy atom. The average Bonchev–Trinajstić information content (AvgIpc) is 2.60. The molecule has 0 aromatic rings. The highest BCUT2D eigenvalue weighted by molar-refractivity contribution is 8.00. The number of aliphatic hydroxyl groups is 1. The maximum atomic E-state index is 10.6. The number of unbranched alkanes of at least 4 members (excludes halogenated alkanes) is 3. The lowest BCUT2D eigenvalue weighted by Gasteiger charge is -2.21. The number of allylic oxidation sites excluding steroid dienone is 7. The maximum absolute atomic E-state index is 10.6. The lowest BCUT2D eigenvalue weighted by atomic mass is 10.1. The minimum absolute atomic E-state index is 0.0153. The third kappa shape index (κ3) is 17.9. The summed E-state index contributed by atoms with van der Waals surface area (Å²) in [6, 6.07) is 0. The first-order valence-electron chi connectivity index (χ1n) is 10.2. The molecular weight excluding hydrogens is 356 g/mol. The minimum atomic E-state index is -0.809. The van der Waals surface area contributed by atoms with Gasteiger partial charge in [-0.25, -0.2) is 0 Å². The van der Waals surface area contributed by atoms with Crippen molar-refractivity contribution < 1.29 is 15.0 Å². The van der Waals surface area contributed by atoms with Gasteiger partial charge in [0, 0.05) is 11.7 Å². The number of aliphatic carboxylic acids is 1. The van der Waals surface area contributed by atoms with Crippen LogP contribution in [0.15, 0.2) is 48.6 Å². The van der Waals surface area contributed by atoms with Crippen molar-refractivity contribution in [1.29, 1.82) is 0 Å². The Labute approximate surface area is 170 Å². The molecule has 0 saturated carbocycles. The Hall–Kier alpha value is -1.26. The minimum Gasteiger partial charge on any atom is -0.481 e. The Kier molecular flexibility index (Phi) is 17.3. The third-order valence-corrected chi connectivity index (χ3v) is 5.21. The molecule has 0 unspecified atom stereocenters. The number of hydrogen-bond donors (Lipinski definition) is 2. The number of carboxylic acid groups (broad SMARTS) is 1. The van der Waals surface area contributed by atoms with Gasteiger partial charge in [-0.2, -0.15) is 0 Å². The Balaban J connectivity index is 4.25. The molecule has 2 atom stereocenters. The first-order chi connectivity index (χ1) is 13.0. The zero-order chi connectivity index (χ0) is 20.3. The van der Waals surface area contributed by atoms with Gasteiger partial charge in [0.15, 0.2) is 0 Å². The molecule has 0 aliphatic rings. The molecule has 0 aromatic carbocycles. The molecule has 4 heteroatoms. The van der Waals surface area contributed by atoms with Gasteiger partial charge in [-0.3, -0.25) is 4.79 Å². The molecule has 0 aliphatic heterocycles. The highest BCUT2D eigenvalue weighted by Gasteiger charge is 2.18. The molecular formula is C23H38O3S. The summed E-state index contributed by atoms with van der Waals surface area (Å²) in [6.07, 6.45) is 23.1. The summed E-state index contributed by atoms with van der Waals surface area (Å²) < 4.78 is 0. The molecule has 0 aromatic heterocycles. The van der Waals surface area contributed by atoms with Gasteiger partial charge in [-0.1, -0.05) is 82.2 Å². The van der Waals surface area contributed by atoms with Crippen molar-refractivity contribution in [3.05, 3.63) is 48.6 Å². The largest absolute Gasteiger partial charge is 0.481 e. The van der Waals surface area contributed by atoms with Gasteiger partial charge in [-0.15, -0.1) is 11.8 Å². The molecule has 0 radical (unpaired) electrons. The zero-order valence-corrected chi connectivity index (χ0v) is 18.0. The lowest BCUT2D eigenvalue weighted by Crippen LogP contribution is -2.23. The third-order valence-electron chi connectivity index (χ3n) is 3.88. The van der Waals surface area contributed by atoms with Crippen molar-refractivity contribution in [3.63, 3.8) is 0 Å². The zero-order valence-electron chi connectivity index (χ0n) is 17.2. The number of hydrogen-bond acceptors (Lipinski definition) is 3. The van der Waals surface area contributed by atoms with Crippen LogP contribution in [0.4, 0.5) is 0 Å². The summed E-state index contributed by atoms with van der Waals surface area (Å²) >= 11 is 1.70. The summed E-state index contributed by atoms with van der Waals surface area (Å²) in [6.45, 7) is 6.42. The number of carbonyl (C=O) groups is 1. The molecule has 3 nitrogen and oxygen atoms in total. The van der Waals surface area contributed by atoms with Gasteiger partial charge in [0.2, 0.25) is 0 Å². The van der Waals surface area contributed by atoms with Crippen LogP contribution in [0.2, 0.25) is 0 Å². The lowest BCUT2D eigenvalue weighted by molar-refractivity contribution is -0.137. The second kappa shape index (κ2) is 18.1. The summed E-state index contributed by atoms with van der Waals surface area (Å²) in [7, 11) is 0. The van der Waals surface area contributed by atoms with Crippen molar-refractivity contribution in [1.82, 2.24) is 0 Å². The topological polar surface area (TPSA) is 57.5 Å². The highest BCUT2D eigenvalue weighted by Crippen LogP contribution is 2.24. The second-order valence-electron chi connectivity index (χ2n) is 6.90. The van der Waals surface area contributed by atoms with Gasteiger partial charge in [0.05, 0.1) is 6.10 Å². The smallest absolute Gasteiger partial charge is 0.303 e. The Morgan fingerprint density at radius 1 is 1.00 bits per heavy atom. The van der Waals surface area contributed by atoms with E-state index in [0.29, 0.717) is 18.1 Å². The molecule has 0 fully saturated rings. The van der Waals surface area contributed by atoms with Crippen LogP contribution in [-0.2, 0) is 4.79 Å². The van der Waals surface area contributed by atoms with E-state index in [9.17, 15) is 9.90 Å². The first-order valence-corrected chi connectivity index (χ1v) is 11.1. The van der Waals surface area contributed by atoms with Crippen molar-refractivity contribution >= 4 is 17.7 Å². The fourth-order valence-electron chi connectivity index (χ4n) is 2.47. The predicted octanol–water partition coefficient (Wildman–Crippen LogP) is 6.31. The van der Waals surface area contributed by atoms with Crippen LogP contribution >= 0.6 is 11.8 Å². The van der Waals surface area contributed by atoms with Crippen LogP contribution in [0, 0.1) is 0 Å². The van der Waals surface area contributed by atoms with Gasteiger partial charge in [0.1, 0.15) is 0 Å². The van der Waals surface area contributed by atoms with Gasteiger partial charge >= 0.3 is 5.97 Å². The predicted molar refractivity (Wildman–Crippen MR) is 119 cm³/mol. The normalized spacial score (nSPS) is 15.0. The van der Waals surface area contributed by atoms with E-state index in [4.69, 9.17) is 5.11 Å². The fraction of sp³-hybridized carbons (Fsp3) is 0.609. The quantitative estimate of drug-likeness (QED) is 0.183. The number of thioether (sulfide) groups is 1. The average molecular weight is 395 g/mol. The first kappa shape index (κ1) is 25.7. The Morgan fingerprint density at radius 2 is 1.74 bits per heavy atom.